The van der Waals surface area contributed by atoms with Gasteiger partial charge in [-0.15, -0.1) is 6.42 Å². The van der Waals surface area contributed by atoms with Crippen LogP contribution in [-0.2, 0) is 14.3 Å². The number of carbonyl (C=O) groups is 1. The minimum Gasteiger partial charge on any atom is -0.341 e. The van der Waals surface area contributed by atoms with Crippen molar-refractivity contribution in [1.29, 1.82) is 0 Å². The van der Waals surface area contributed by atoms with Gasteiger partial charge in [-0.25, -0.2) is 4.39 Å². The van der Waals surface area contributed by atoms with E-state index in [-0.39, 0.29) is 12.1 Å². The molecule has 108 valence electrons. The molecule has 0 unspecified atom stereocenters. The Hall–Kier alpha value is -1.91. The number of benzene rings is 1. The lowest BCUT2D eigenvalue weighted by Gasteiger charge is -2.10. The molecular formula is C13H14FNO4S. The number of terminal acetylenes is 1. The molecule has 0 aliphatic heterocycles. The van der Waals surface area contributed by atoms with Crippen molar-refractivity contribution in [3.63, 3.8) is 0 Å². The molecule has 1 rings (SSSR count). The van der Waals surface area contributed by atoms with Gasteiger partial charge in [0.15, 0.2) is 0 Å². The maximum Gasteiger partial charge on any atom is 0.300 e. The third kappa shape index (κ3) is 4.05. The molecule has 0 fully saturated rings. The molecule has 20 heavy (non-hydrogen) atoms. The minimum absolute atomic E-state index is 0.0131. The summed E-state index contributed by atoms with van der Waals surface area (Å²) in [6, 6.07) is 2.97. The van der Waals surface area contributed by atoms with Crippen molar-refractivity contribution in [3.05, 3.63) is 29.6 Å². The molecule has 1 aromatic carbocycles. The number of halogens is 1. The topological polar surface area (TPSA) is 72.5 Å². The van der Waals surface area contributed by atoms with E-state index in [4.69, 9.17) is 6.42 Å². The van der Waals surface area contributed by atoms with Crippen LogP contribution in [0.25, 0.3) is 0 Å². The molecule has 0 heterocycles. The first kappa shape index (κ1) is 16.1. The first-order valence-electron chi connectivity index (χ1n) is 5.72. The molecule has 0 bridgehead atoms. The van der Waals surface area contributed by atoms with Crippen LogP contribution in [0, 0.1) is 18.2 Å². The molecule has 1 amide bonds. The van der Waals surface area contributed by atoms with E-state index in [9.17, 15) is 17.6 Å². The molecule has 7 heteroatoms. The maximum absolute atomic E-state index is 13.6. The number of amides is 1. The van der Waals surface area contributed by atoms with Gasteiger partial charge in [0.2, 0.25) is 0 Å². The molecule has 5 nitrogen and oxygen atoms in total. The van der Waals surface area contributed by atoms with Crippen molar-refractivity contribution in [1.82, 2.24) is 5.32 Å². The van der Waals surface area contributed by atoms with Crippen LogP contribution in [-0.4, -0.2) is 27.0 Å². The van der Waals surface area contributed by atoms with Gasteiger partial charge in [-0.05, 0) is 32.0 Å². The highest BCUT2D eigenvalue weighted by Gasteiger charge is 2.23. The number of rotatable bonds is 5. The minimum atomic E-state index is -4.26. The third-order valence-corrected chi connectivity index (χ3v) is 3.62. The van der Waals surface area contributed by atoms with E-state index in [0.717, 1.165) is 18.2 Å². The Kier molecular flexibility index (Phi) is 5.25. The van der Waals surface area contributed by atoms with Crippen LogP contribution in [0.3, 0.4) is 0 Å². The first-order chi connectivity index (χ1) is 9.27. The molecule has 0 spiro atoms. The maximum atomic E-state index is 13.6. The van der Waals surface area contributed by atoms with Crippen molar-refractivity contribution < 1.29 is 21.8 Å². The fourth-order valence-corrected chi connectivity index (χ4v) is 2.56. The summed E-state index contributed by atoms with van der Waals surface area (Å²) in [6.45, 7) is 2.98. The highest BCUT2D eigenvalue weighted by molar-refractivity contribution is 7.86. The van der Waals surface area contributed by atoms with E-state index < -0.39 is 32.8 Å². The largest absolute Gasteiger partial charge is 0.341 e. The lowest BCUT2D eigenvalue weighted by atomic mass is 10.2. The quantitative estimate of drug-likeness (QED) is 0.657. The van der Waals surface area contributed by atoms with Gasteiger partial charge in [0.05, 0.1) is 12.6 Å². The van der Waals surface area contributed by atoms with Crippen LogP contribution < -0.4 is 5.32 Å². The van der Waals surface area contributed by atoms with E-state index in [0.29, 0.717) is 0 Å². The van der Waals surface area contributed by atoms with Gasteiger partial charge in [-0.1, -0.05) is 5.92 Å². The lowest BCUT2D eigenvalue weighted by molar-refractivity contribution is 0.0958. The molecule has 0 aliphatic rings. The number of nitrogens with one attached hydrogen (secondary N) is 1. The van der Waals surface area contributed by atoms with Crippen LogP contribution in [0.2, 0.25) is 0 Å². The Morgan fingerprint density at radius 2 is 2.15 bits per heavy atom. The van der Waals surface area contributed by atoms with Crippen molar-refractivity contribution >= 4 is 16.0 Å². The molecular weight excluding hydrogens is 285 g/mol. The van der Waals surface area contributed by atoms with Gasteiger partial charge in [-0.2, -0.15) is 8.42 Å². The zero-order valence-corrected chi connectivity index (χ0v) is 11.8. The zero-order valence-electron chi connectivity index (χ0n) is 11.0. The molecule has 0 aliphatic carbocycles. The van der Waals surface area contributed by atoms with E-state index in [2.05, 4.69) is 15.4 Å². The second-order valence-corrected chi connectivity index (χ2v) is 5.67. The summed E-state index contributed by atoms with van der Waals surface area (Å²) in [5, 5.41) is 2.35. The Morgan fingerprint density at radius 3 is 2.70 bits per heavy atom. The molecule has 1 aromatic rings. The van der Waals surface area contributed by atoms with Crippen LogP contribution in [0.5, 0.6) is 0 Å². The van der Waals surface area contributed by atoms with Gasteiger partial charge in [0.1, 0.15) is 10.7 Å². The molecule has 0 radical (unpaired) electrons. The predicted octanol–water partition coefficient (Wildman–Crippen LogP) is 1.30. The molecule has 0 saturated heterocycles. The van der Waals surface area contributed by atoms with E-state index >= 15 is 0 Å². The summed E-state index contributed by atoms with van der Waals surface area (Å²) in [5.74, 6) is 0.621. The summed E-state index contributed by atoms with van der Waals surface area (Å²) < 4.78 is 41.9. The first-order valence-corrected chi connectivity index (χ1v) is 7.13. The monoisotopic (exact) mass is 299 g/mol. The van der Waals surface area contributed by atoms with Crippen molar-refractivity contribution in [2.24, 2.45) is 0 Å². The van der Waals surface area contributed by atoms with Gasteiger partial charge < -0.3 is 5.32 Å². The van der Waals surface area contributed by atoms with Crippen LogP contribution in [0.15, 0.2) is 23.1 Å². The van der Waals surface area contributed by atoms with Gasteiger partial charge in [0.25, 0.3) is 16.0 Å². The molecule has 0 atom stereocenters. The summed E-state index contributed by atoms with van der Waals surface area (Å²) in [6.07, 6.45) is 4.35. The van der Waals surface area contributed by atoms with Gasteiger partial charge in [0, 0.05) is 5.56 Å². The third-order valence-electron chi connectivity index (χ3n) is 2.13. The summed E-state index contributed by atoms with van der Waals surface area (Å²) in [5.41, 5.74) is -0.0208. The lowest BCUT2D eigenvalue weighted by Crippen LogP contribution is -2.24. The highest BCUT2D eigenvalue weighted by Crippen LogP contribution is 2.20. The SMILES string of the molecule is C#CCNC(=O)c1ccc(F)c(S(=O)(=O)OC(C)C)c1. The summed E-state index contributed by atoms with van der Waals surface area (Å²) in [7, 11) is -4.26. The van der Waals surface area contributed by atoms with Crippen LogP contribution >= 0.6 is 0 Å². The Balaban J connectivity index is 3.16. The zero-order chi connectivity index (χ0) is 15.3. The molecule has 1 N–H and O–H groups in total. The van der Waals surface area contributed by atoms with Crippen molar-refractivity contribution in [3.8, 4) is 12.3 Å². The van der Waals surface area contributed by atoms with Crippen LogP contribution in [0.1, 0.15) is 24.2 Å². The molecule has 0 saturated carbocycles. The number of hydrogen-bond donors (Lipinski definition) is 1. The average Bonchev–Trinajstić information content (AvgIpc) is 2.34. The Morgan fingerprint density at radius 1 is 1.50 bits per heavy atom. The van der Waals surface area contributed by atoms with Crippen molar-refractivity contribution in [2.75, 3.05) is 6.54 Å². The van der Waals surface area contributed by atoms with E-state index in [1.807, 2.05) is 0 Å². The van der Waals surface area contributed by atoms with Crippen LogP contribution in [0.4, 0.5) is 4.39 Å². The fourth-order valence-electron chi connectivity index (χ4n) is 1.37. The number of hydrogen-bond acceptors (Lipinski definition) is 4. The second kappa shape index (κ2) is 6.50. The summed E-state index contributed by atoms with van der Waals surface area (Å²) >= 11 is 0. The van der Waals surface area contributed by atoms with Gasteiger partial charge in [-0.3, -0.25) is 8.98 Å². The highest BCUT2D eigenvalue weighted by atomic mass is 32.2. The predicted molar refractivity (Wildman–Crippen MR) is 71.0 cm³/mol. The normalized spacial score (nSPS) is 11.2. The number of carbonyl (C=O) groups excluding carboxylic acids is 1. The van der Waals surface area contributed by atoms with E-state index in [1.165, 1.54) is 13.8 Å². The molecule has 0 aromatic heterocycles. The fraction of sp³-hybridized carbons (Fsp3) is 0.308. The van der Waals surface area contributed by atoms with E-state index in [1.54, 1.807) is 0 Å². The smallest absolute Gasteiger partial charge is 0.300 e. The van der Waals surface area contributed by atoms with Crippen molar-refractivity contribution in [2.45, 2.75) is 24.8 Å². The second-order valence-electron chi connectivity index (χ2n) is 4.13. The van der Waals surface area contributed by atoms with Gasteiger partial charge >= 0.3 is 0 Å². The average molecular weight is 299 g/mol. The standard InChI is InChI=1S/C13H14FNO4S/c1-4-7-15-13(16)10-5-6-11(14)12(8-10)20(17,18)19-9(2)3/h1,5-6,8-9H,7H2,2-3H3,(H,15,16). The summed E-state index contributed by atoms with van der Waals surface area (Å²) in [4.78, 5) is 11.0. The Bertz CT molecular complexity index is 647. The Labute approximate surface area is 117 Å².